The highest BCUT2D eigenvalue weighted by molar-refractivity contribution is 5.44. The number of nitrogens with one attached hydrogen (secondary N) is 1. The van der Waals surface area contributed by atoms with Gasteiger partial charge in [-0.1, -0.05) is 25.5 Å². The number of aromatic nitrogens is 2. The predicted octanol–water partition coefficient (Wildman–Crippen LogP) is 2.98. The number of benzene rings is 1. The van der Waals surface area contributed by atoms with Crippen molar-refractivity contribution in [2.75, 3.05) is 5.32 Å². The highest BCUT2D eigenvalue weighted by Crippen LogP contribution is 2.11. The fraction of sp³-hybridized carbons (Fsp3) is 0.357. The lowest BCUT2D eigenvalue weighted by molar-refractivity contribution is 0.813. The van der Waals surface area contributed by atoms with Crippen LogP contribution >= 0.6 is 0 Å². The van der Waals surface area contributed by atoms with E-state index < -0.39 is 0 Å². The molecule has 1 N–H and O–H groups in total. The molecule has 3 nitrogen and oxygen atoms in total. The summed E-state index contributed by atoms with van der Waals surface area (Å²) in [5, 5.41) is 3.37. The molecule has 2 aromatic rings. The lowest BCUT2D eigenvalue weighted by atomic mass is 10.1. The van der Waals surface area contributed by atoms with Crippen molar-refractivity contribution >= 4 is 5.69 Å². The van der Waals surface area contributed by atoms with Gasteiger partial charge in [-0.05, 0) is 24.1 Å². The van der Waals surface area contributed by atoms with Crippen molar-refractivity contribution in [3.63, 3.8) is 0 Å². The zero-order chi connectivity index (χ0) is 12.1. The van der Waals surface area contributed by atoms with Gasteiger partial charge in [0.25, 0.3) is 0 Å². The van der Waals surface area contributed by atoms with Crippen LogP contribution in [-0.2, 0) is 20.0 Å². The molecule has 3 heteroatoms. The van der Waals surface area contributed by atoms with E-state index >= 15 is 0 Å². The molecule has 0 fully saturated rings. The molecule has 0 saturated carbocycles. The fourth-order valence-electron chi connectivity index (χ4n) is 1.83. The van der Waals surface area contributed by atoms with Crippen molar-refractivity contribution in [1.82, 2.24) is 9.55 Å². The SMILES string of the molecule is CCCc1ccc(NCc2nccn2C)cc1. The van der Waals surface area contributed by atoms with E-state index in [1.54, 1.807) is 0 Å². The van der Waals surface area contributed by atoms with E-state index in [1.807, 2.05) is 24.0 Å². The monoisotopic (exact) mass is 229 g/mol. The zero-order valence-corrected chi connectivity index (χ0v) is 10.5. The van der Waals surface area contributed by atoms with E-state index in [0.29, 0.717) is 0 Å². The fourth-order valence-corrected chi connectivity index (χ4v) is 1.83. The molecule has 0 radical (unpaired) electrons. The van der Waals surface area contributed by atoms with Crippen LogP contribution in [0.1, 0.15) is 24.7 Å². The summed E-state index contributed by atoms with van der Waals surface area (Å²) in [5.74, 6) is 1.04. The summed E-state index contributed by atoms with van der Waals surface area (Å²) in [5.41, 5.74) is 2.54. The molecule has 1 aromatic heterocycles. The van der Waals surface area contributed by atoms with Crippen molar-refractivity contribution in [2.45, 2.75) is 26.3 Å². The molecule has 17 heavy (non-hydrogen) atoms. The second-order valence-electron chi connectivity index (χ2n) is 4.25. The van der Waals surface area contributed by atoms with E-state index in [2.05, 4.69) is 41.5 Å². The summed E-state index contributed by atoms with van der Waals surface area (Å²) < 4.78 is 2.03. The summed E-state index contributed by atoms with van der Waals surface area (Å²) in [6, 6.07) is 8.64. The maximum absolute atomic E-state index is 4.28. The van der Waals surface area contributed by atoms with Crippen LogP contribution in [0.15, 0.2) is 36.7 Å². The number of rotatable bonds is 5. The molecule has 1 heterocycles. The highest BCUT2D eigenvalue weighted by Gasteiger charge is 1.98. The molecule has 0 bridgehead atoms. The van der Waals surface area contributed by atoms with Crippen molar-refractivity contribution in [2.24, 2.45) is 7.05 Å². The Labute approximate surface area is 103 Å². The maximum atomic E-state index is 4.28. The van der Waals surface area contributed by atoms with Gasteiger partial charge >= 0.3 is 0 Å². The van der Waals surface area contributed by atoms with Gasteiger partial charge in [-0.15, -0.1) is 0 Å². The van der Waals surface area contributed by atoms with Gasteiger partial charge in [-0.2, -0.15) is 0 Å². The lowest BCUT2D eigenvalue weighted by Gasteiger charge is -2.07. The minimum absolute atomic E-state index is 0.761. The standard InChI is InChI=1S/C14H19N3/c1-3-4-12-5-7-13(8-6-12)16-11-14-15-9-10-17(14)2/h5-10,16H,3-4,11H2,1-2H3. The van der Waals surface area contributed by atoms with Gasteiger partial charge in [-0.25, -0.2) is 4.98 Å². The molecule has 2 rings (SSSR count). The molecule has 0 spiro atoms. The molecule has 0 aliphatic rings. The van der Waals surface area contributed by atoms with Crippen LogP contribution in [0.3, 0.4) is 0 Å². The largest absolute Gasteiger partial charge is 0.378 e. The van der Waals surface area contributed by atoms with Gasteiger partial charge < -0.3 is 9.88 Å². The first-order valence-electron chi connectivity index (χ1n) is 6.08. The van der Waals surface area contributed by atoms with Crippen LogP contribution in [0.2, 0.25) is 0 Å². The van der Waals surface area contributed by atoms with Crippen LogP contribution in [0.5, 0.6) is 0 Å². The molecular weight excluding hydrogens is 210 g/mol. The number of imidazole rings is 1. The topological polar surface area (TPSA) is 29.9 Å². The Hall–Kier alpha value is -1.77. The van der Waals surface area contributed by atoms with Crippen LogP contribution < -0.4 is 5.32 Å². The first kappa shape index (κ1) is 11.7. The third kappa shape index (κ3) is 3.09. The number of hydrogen-bond donors (Lipinski definition) is 1. The van der Waals surface area contributed by atoms with Crippen molar-refractivity contribution < 1.29 is 0 Å². The van der Waals surface area contributed by atoms with Crippen LogP contribution in [0.4, 0.5) is 5.69 Å². The first-order valence-corrected chi connectivity index (χ1v) is 6.08. The van der Waals surface area contributed by atoms with E-state index in [0.717, 1.165) is 24.5 Å². The Balaban J connectivity index is 1.93. The minimum atomic E-state index is 0.761. The molecule has 0 aliphatic carbocycles. The Morgan fingerprint density at radius 3 is 2.59 bits per heavy atom. The second-order valence-corrected chi connectivity index (χ2v) is 4.25. The van der Waals surface area contributed by atoms with Crippen LogP contribution in [-0.4, -0.2) is 9.55 Å². The first-order chi connectivity index (χ1) is 8.29. The molecule has 0 amide bonds. The summed E-state index contributed by atoms with van der Waals surface area (Å²) in [7, 11) is 2.01. The molecule has 0 aliphatic heterocycles. The second kappa shape index (κ2) is 5.53. The summed E-state index contributed by atoms with van der Waals surface area (Å²) >= 11 is 0. The van der Waals surface area contributed by atoms with E-state index in [1.165, 1.54) is 12.0 Å². The van der Waals surface area contributed by atoms with Gasteiger partial charge in [0, 0.05) is 25.1 Å². The molecular formula is C14H19N3. The molecule has 90 valence electrons. The Morgan fingerprint density at radius 2 is 2.00 bits per heavy atom. The minimum Gasteiger partial charge on any atom is -0.378 e. The predicted molar refractivity (Wildman–Crippen MR) is 71.0 cm³/mol. The van der Waals surface area contributed by atoms with Crippen molar-refractivity contribution in [3.05, 3.63) is 48.0 Å². The van der Waals surface area contributed by atoms with Gasteiger partial charge in [0.2, 0.25) is 0 Å². The van der Waals surface area contributed by atoms with Gasteiger partial charge in [0.05, 0.1) is 6.54 Å². The lowest BCUT2D eigenvalue weighted by Crippen LogP contribution is -2.05. The van der Waals surface area contributed by atoms with Crippen molar-refractivity contribution in [3.8, 4) is 0 Å². The summed E-state index contributed by atoms with van der Waals surface area (Å²) in [4.78, 5) is 4.28. The van der Waals surface area contributed by atoms with E-state index in [9.17, 15) is 0 Å². The van der Waals surface area contributed by atoms with Crippen LogP contribution in [0, 0.1) is 0 Å². The van der Waals surface area contributed by atoms with Gasteiger partial charge in [0.15, 0.2) is 0 Å². The molecule has 1 aromatic carbocycles. The quantitative estimate of drug-likeness (QED) is 0.854. The molecule has 0 saturated heterocycles. The average molecular weight is 229 g/mol. The number of aryl methyl sites for hydroxylation is 2. The van der Waals surface area contributed by atoms with Gasteiger partial charge in [-0.3, -0.25) is 0 Å². The number of nitrogens with zero attached hydrogens (tertiary/aromatic N) is 2. The number of anilines is 1. The normalized spacial score (nSPS) is 10.5. The Kier molecular flexibility index (Phi) is 3.81. The summed E-state index contributed by atoms with van der Waals surface area (Å²) in [6.45, 7) is 2.96. The maximum Gasteiger partial charge on any atom is 0.127 e. The zero-order valence-electron chi connectivity index (χ0n) is 10.5. The Bertz CT molecular complexity index is 457. The van der Waals surface area contributed by atoms with Gasteiger partial charge in [0.1, 0.15) is 5.82 Å². The third-order valence-electron chi connectivity index (χ3n) is 2.86. The molecule has 0 unspecified atom stereocenters. The molecule has 0 atom stereocenters. The summed E-state index contributed by atoms with van der Waals surface area (Å²) in [6.07, 6.45) is 6.13. The van der Waals surface area contributed by atoms with E-state index in [4.69, 9.17) is 0 Å². The van der Waals surface area contributed by atoms with Crippen LogP contribution in [0.25, 0.3) is 0 Å². The smallest absolute Gasteiger partial charge is 0.127 e. The highest BCUT2D eigenvalue weighted by atomic mass is 15.1. The van der Waals surface area contributed by atoms with E-state index in [-0.39, 0.29) is 0 Å². The third-order valence-corrected chi connectivity index (χ3v) is 2.86. The number of hydrogen-bond acceptors (Lipinski definition) is 2. The van der Waals surface area contributed by atoms with Crippen molar-refractivity contribution in [1.29, 1.82) is 0 Å². The average Bonchev–Trinajstić information content (AvgIpc) is 2.75. The Morgan fingerprint density at radius 1 is 1.24 bits per heavy atom.